The minimum absolute atomic E-state index is 0.0405. The molecular weight excluding hydrogens is 178 g/mol. The van der Waals surface area contributed by atoms with Gasteiger partial charge in [0.25, 0.3) is 0 Å². The van der Waals surface area contributed by atoms with Crippen LogP contribution < -0.4 is 5.73 Å². The van der Waals surface area contributed by atoms with Crippen molar-refractivity contribution in [1.29, 1.82) is 0 Å². The van der Waals surface area contributed by atoms with E-state index in [2.05, 4.69) is 9.97 Å². The van der Waals surface area contributed by atoms with Crippen LogP contribution >= 0.6 is 0 Å². The lowest BCUT2D eigenvalue weighted by Crippen LogP contribution is -2.15. The molecule has 1 rings (SSSR count). The number of aromatic nitrogens is 2. The number of nitrogens with two attached hydrogens (primary N) is 1. The smallest absolute Gasteiger partial charge is 0.182 e. The first kappa shape index (κ1) is 10.8. The van der Waals surface area contributed by atoms with Crippen LogP contribution in [0.4, 0.5) is 0 Å². The largest absolute Gasteiger partial charge is 0.328 e. The molecule has 1 aromatic heterocycles. The summed E-state index contributed by atoms with van der Waals surface area (Å²) in [5.74, 6) is 0.0405. The fraction of sp³-hybridized carbons (Fsp3) is 0.500. The van der Waals surface area contributed by atoms with E-state index in [-0.39, 0.29) is 11.8 Å². The number of carbonyl (C=O) groups excluding carboxylic acids is 1. The third kappa shape index (κ3) is 3.62. The Hall–Kier alpha value is -1.29. The van der Waals surface area contributed by atoms with E-state index in [0.717, 1.165) is 12.8 Å². The van der Waals surface area contributed by atoms with Crippen molar-refractivity contribution in [2.75, 3.05) is 0 Å². The quantitative estimate of drug-likeness (QED) is 0.713. The molecule has 14 heavy (non-hydrogen) atoms. The number of Topliss-reactive ketones (excluding diaryl/α,β-unsaturated/α-hetero) is 1. The Morgan fingerprint density at radius 1 is 1.57 bits per heavy atom. The Balaban J connectivity index is 2.36. The molecule has 1 unspecified atom stereocenters. The second-order valence-corrected chi connectivity index (χ2v) is 3.38. The molecule has 0 amide bonds. The summed E-state index contributed by atoms with van der Waals surface area (Å²) in [4.78, 5) is 19.3. The molecule has 4 nitrogen and oxygen atoms in total. The van der Waals surface area contributed by atoms with Crippen molar-refractivity contribution < 1.29 is 4.79 Å². The van der Waals surface area contributed by atoms with Crippen LogP contribution in [0.25, 0.3) is 0 Å². The fourth-order valence-corrected chi connectivity index (χ4v) is 1.16. The number of carbonyl (C=O) groups is 1. The van der Waals surface area contributed by atoms with Gasteiger partial charge in [-0.2, -0.15) is 0 Å². The van der Waals surface area contributed by atoms with Gasteiger partial charge in [-0.15, -0.1) is 0 Å². The molecule has 1 heterocycles. The number of rotatable bonds is 5. The summed E-state index contributed by atoms with van der Waals surface area (Å²) >= 11 is 0. The molecule has 0 bridgehead atoms. The van der Waals surface area contributed by atoms with E-state index in [4.69, 9.17) is 5.73 Å². The van der Waals surface area contributed by atoms with Crippen LogP contribution in [-0.2, 0) is 0 Å². The average molecular weight is 193 g/mol. The maximum Gasteiger partial charge on any atom is 0.182 e. The first-order valence-corrected chi connectivity index (χ1v) is 4.75. The van der Waals surface area contributed by atoms with E-state index in [0.29, 0.717) is 12.1 Å². The van der Waals surface area contributed by atoms with Gasteiger partial charge in [0.05, 0.1) is 6.20 Å². The van der Waals surface area contributed by atoms with Gasteiger partial charge in [0.1, 0.15) is 5.69 Å². The van der Waals surface area contributed by atoms with Gasteiger partial charge in [0.15, 0.2) is 5.78 Å². The zero-order valence-electron chi connectivity index (χ0n) is 8.31. The van der Waals surface area contributed by atoms with Gasteiger partial charge in [-0.25, -0.2) is 4.98 Å². The summed E-state index contributed by atoms with van der Waals surface area (Å²) in [6.07, 6.45) is 6.76. The number of hydrogen-bond donors (Lipinski definition) is 1. The van der Waals surface area contributed by atoms with Crippen LogP contribution in [0.5, 0.6) is 0 Å². The molecule has 0 aliphatic carbocycles. The Morgan fingerprint density at radius 2 is 2.36 bits per heavy atom. The monoisotopic (exact) mass is 193 g/mol. The minimum atomic E-state index is 0.0405. The topological polar surface area (TPSA) is 68.9 Å². The molecule has 0 aliphatic heterocycles. The maximum atomic E-state index is 11.5. The summed E-state index contributed by atoms with van der Waals surface area (Å²) in [6, 6.07) is 0.157. The van der Waals surface area contributed by atoms with Crippen molar-refractivity contribution >= 4 is 5.78 Å². The van der Waals surface area contributed by atoms with Crippen LogP contribution in [0.1, 0.15) is 36.7 Å². The van der Waals surface area contributed by atoms with Crippen molar-refractivity contribution in [3.05, 3.63) is 24.3 Å². The summed E-state index contributed by atoms with van der Waals surface area (Å²) in [5.41, 5.74) is 6.02. The minimum Gasteiger partial charge on any atom is -0.328 e. The van der Waals surface area contributed by atoms with Crippen molar-refractivity contribution in [1.82, 2.24) is 9.97 Å². The average Bonchev–Trinajstić information content (AvgIpc) is 2.18. The van der Waals surface area contributed by atoms with Gasteiger partial charge < -0.3 is 5.73 Å². The third-order valence-electron chi connectivity index (χ3n) is 1.91. The van der Waals surface area contributed by atoms with Crippen LogP contribution in [0.3, 0.4) is 0 Å². The fourth-order valence-electron chi connectivity index (χ4n) is 1.16. The normalized spacial score (nSPS) is 12.4. The molecule has 0 aliphatic rings. The third-order valence-corrected chi connectivity index (χ3v) is 1.91. The maximum absolute atomic E-state index is 11.5. The summed E-state index contributed by atoms with van der Waals surface area (Å²) < 4.78 is 0. The first-order chi connectivity index (χ1) is 6.70. The zero-order chi connectivity index (χ0) is 10.4. The first-order valence-electron chi connectivity index (χ1n) is 4.75. The van der Waals surface area contributed by atoms with Crippen molar-refractivity contribution in [2.24, 2.45) is 5.73 Å². The van der Waals surface area contributed by atoms with Crippen LogP contribution in [0.15, 0.2) is 18.6 Å². The SMILES string of the molecule is CC(N)CCCC(=O)c1cnccn1. The van der Waals surface area contributed by atoms with Gasteiger partial charge in [-0.05, 0) is 19.8 Å². The molecule has 2 N–H and O–H groups in total. The molecule has 0 aromatic carbocycles. The van der Waals surface area contributed by atoms with Crippen LogP contribution in [-0.4, -0.2) is 21.8 Å². The van der Waals surface area contributed by atoms with E-state index in [1.807, 2.05) is 6.92 Å². The predicted octanol–water partition coefficient (Wildman–Crippen LogP) is 1.18. The van der Waals surface area contributed by atoms with Crippen molar-refractivity contribution in [3.63, 3.8) is 0 Å². The Bertz CT molecular complexity index is 285. The zero-order valence-corrected chi connectivity index (χ0v) is 8.31. The van der Waals surface area contributed by atoms with E-state index < -0.39 is 0 Å². The van der Waals surface area contributed by atoms with Crippen molar-refractivity contribution in [2.45, 2.75) is 32.2 Å². The highest BCUT2D eigenvalue weighted by molar-refractivity contribution is 5.93. The summed E-state index contributed by atoms with van der Waals surface area (Å²) in [7, 11) is 0. The van der Waals surface area contributed by atoms with E-state index in [1.165, 1.54) is 12.4 Å². The van der Waals surface area contributed by atoms with E-state index in [1.54, 1.807) is 6.20 Å². The number of hydrogen-bond acceptors (Lipinski definition) is 4. The molecule has 0 radical (unpaired) electrons. The van der Waals surface area contributed by atoms with Gasteiger partial charge >= 0.3 is 0 Å². The Labute approximate surface area is 83.6 Å². The van der Waals surface area contributed by atoms with Gasteiger partial charge in [-0.3, -0.25) is 9.78 Å². The standard InChI is InChI=1S/C10H15N3O/c1-8(11)3-2-4-10(14)9-7-12-5-6-13-9/h5-8H,2-4,11H2,1H3. The highest BCUT2D eigenvalue weighted by Crippen LogP contribution is 2.04. The second kappa shape index (κ2) is 5.44. The molecule has 4 heteroatoms. The summed E-state index contributed by atoms with van der Waals surface area (Å²) in [6.45, 7) is 1.94. The van der Waals surface area contributed by atoms with Crippen LogP contribution in [0, 0.1) is 0 Å². The predicted molar refractivity (Wildman–Crippen MR) is 53.9 cm³/mol. The van der Waals surface area contributed by atoms with E-state index >= 15 is 0 Å². The Morgan fingerprint density at radius 3 is 2.93 bits per heavy atom. The van der Waals surface area contributed by atoms with E-state index in [9.17, 15) is 4.79 Å². The number of ketones is 1. The van der Waals surface area contributed by atoms with Gasteiger partial charge in [0, 0.05) is 24.9 Å². The molecule has 1 aromatic rings. The molecule has 0 spiro atoms. The highest BCUT2D eigenvalue weighted by atomic mass is 16.1. The molecule has 0 saturated heterocycles. The molecule has 76 valence electrons. The lowest BCUT2D eigenvalue weighted by Gasteiger charge is -2.03. The molecule has 1 atom stereocenters. The highest BCUT2D eigenvalue weighted by Gasteiger charge is 2.06. The number of nitrogens with zero attached hydrogens (tertiary/aromatic N) is 2. The van der Waals surface area contributed by atoms with Gasteiger partial charge in [-0.1, -0.05) is 0 Å². The Kier molecular flexibility index (Phi) is 4.19. The van der Waals surface area contributed by atoms with Gasteiger partial charge in [0.2, 0.25) is 0 Å². The summed E-state index contributed by atoms with van der Waals surface area (Å²) in [5, 5.41) is 0. The lowest BCUT2D eigenvalue weighted by molar-refractivity contribution is 0.0974. The lowest BCUT2D eigenvalue weighted by atomic mass is 10.1. The molecule has 0 fully saturated rings. The molecule has 0 saturated carbocycles. The molecular formula is C10H15N3O. The van der Waals surface area contributed by atoms with Crippen molar-refractivity contribution in [3.8, 4) is 0 Å². The van der Waals surface area contributed by atoms with Crippen LogP contribution in [0.2, 0.25) is 0 Å². The second-order valence-electron chi connectivity index (χ2n) is 3.38.